The van der Waals surface area contributed by atoms with Crippen LogP contribution in [0.5, 0.6) is 5.75 Å². The highest BCUT2D eigenvalue weighted by molar-refractivity contribution is 5.76. The van der Waals surface area contributed by atoms with Gasteiger partial charge in [-0.2, -0.15) is 0 Å². The zero-order valence-electron chi connectivity index (χ0n) is 8.60. The van der Waals surface area contributed by atoms with Crippen LogP contribution in [0.4, 0.5) is 0 Å². The quantitative estimate of drug-likeness (QED) is 0.742. The van der Waals surface area contributed by atoms with Gasteiger partial charge in [-0.05, 0) is 31.0 Å². The van der Waals surface area contributed by atoms with Crippen LogP contribution in [-0.2, 0) is 11.2 Å². The van der Waals surface area contributed by atoms with Gasteiger partial charge < -0.3 is 10.2 Å². The highest BCUT2D eigenvalue weighted by Crippen LogP contribution is 2.25. The predicted octanol–water partition coefficient (Wildman–Crippen LogP) is 2.21. The van der Waals surface area contributed by atoms with E-state index in [2.05, 4.69) is 6.58 Å². The van der Waals surface area contributed by atoms with E-state index >= 15 is 0 Å². The van der Waals surface area contributed by atoms with Crippen molar-refractivity contribution in [3.8, 4) is 5.75 Å². The number of carboxylic acid groups (broad SMARTS) is 1. The van der Waals surface area contributed by atoms with E-state index in [-0.39, 0.29) is 5.75 Å². The Balaban J connectivity index is 2.93. The highest BCUT2D eigenvalue weighted by Gasteiger charge is 2.29. The van der Waals surface area contributed by atoms with Gasteiger partial charge in [-0.3, -0.25) is 4.79 Å². The van der Waals surface area contributed by atoms with Crippen LogP contribution in [0.2, 0.25) is 0 Å². The molecule has 0 saturated carbocycles. The van der Waals surface area contributed by atoms with Crippen LogP contribution in [0, 0.1) is 5.41 Å². The molecule has 2 N–H and O–H groups in total. The maximum atomic E-state index is 11.0. The second kappa shape index (κ2) is 4.17. The minimum atomic E-state index is -0.992. The second-order valence-corrected chi connectivity index (χ2v) is 3.77. The van der Waals surface area contributed by atoms with Crippen LogP contribution in [0.1, 0.15) is 12.5 Å². The van der Waals surface area contributed by atoms with E-state index in [1.54, 1.807) is 31.2 Å². The number of phenols is 1. The minimum Gasteiger partial charge on any atom is -0.508 e. The van der Waals surface area contributed by atoms with Gasteiger partial charge in [0.15, 0.2) is 0 Å². The van der Waals surface area contributed by atoms with E-state index in [4.69, 9.17) is 5.11 Å². The second-order valence-electron chi connectivity index (χ2n) is 3.77. The molecule has 1 aromatic carbocycles. The zero-order chi connectivity index (χ0) is 11.5. The molecule has 0 saturated heterocycles. The summed E-state index contributed by atoms with van der Waals surface area (Å²) in [5.41, 5.74) is -0.215. The van der Waals surface area contributed by atoms with E-state index < -0.39 is 11.4 Å². The van der Waals surface area contributed by atoms with Crippen molar-refractivity contribution >= 4 is 5.97 Å². The lowest BCUT2D eigenvalue weighted by Crippen LogP contribution is -2.27. The third-order valence-electron chi connectivity index (χ3n) is 2.42. The number of aliphatic carboxylic acids is 1. The molecule has 1 aromatic rings. The maximum Gasteiger partial charge on any atom is 0.313 e. The number of rotatable bonds is 4. The fraction of sp³-hybridized carbons (Fsp3) is 0.250. The molecule has 1 unspecified atom stereocenters. The summed E-state index contributed by atoms with van der Waals surface area (Å²) in [7, 11) is 0. The molecule has 0 heterocycles. The first-order chi connectivity index (χ1) is 6.98. The summed E-state index contributed by atoms with van der Waals surface area (Å²) < 4.78 is 0. The Labute approximate surface area is 88.7 Å². The van der Waals surface area contributed by atoms with Crippen molar-refractivity contribution in [3.05, 3.63) is 42.5 Å². The summed E-state index contributed by atoms with van der Waals surface area (Å²) in [5.74, 6) is -0.773. The van der Waals surface area contributed by atoms with Crippen LogP contribution in [-0.4, -0.2) is 16.2 Å². The Morgan fingerprint density at radius 2 is 2.27 bits per heavy atom. The average molecular weight is 206 g/mol. The van der Waals surface area contributed by atoms with E-state index in [0.29, 0.717) is 6.42 Å². The van der Waals surface area contributed by atoms with Crippen LogP contribution in [0.25, 0.3) is 0 Å². The van der Waals surface area contributed by atoms with Crippen LogP contribution < -0.4 is 0 Å². The van der Waals surface area contributed by atoms with Gasteiger partial charge in [0.25, 0.3) is 0 Å². The van der Waals surface area contributed by atoms with Crippen molar-refractivity contribution in [2.75, 3.05) is 0 Å². The number of benzene rings is 1. The van der Waals surface area contributed by atoms with E-state index in [1.165, 1.54) is 6.08 Å². The number of hydrogen-bond acceptors (Lipinski definition) is 2. The Hall–Kier alpha value is -1.77. The molecule has 0 radical (unpaired) electrons. The molecule has 1 atom stereocenters. The summed E-state index contributed by atoms with van der Waals surface area (Å²) >= 11 is 0. The molecular weight excluding hydrogens is 192 g/mol. The number of aromatic hydroxyl groups is 1. The summed E-state index contributed by atoms with van der Waals surface area (Å²) in [4.78, 5) is 11.0. The molecule has 0 aliphatic heterocycles. The molecule has 3 heteroatoms. The average Bonchev–Trinajstić information content (AvgIpc) is 2.17. The molecule has 3 nitrogen and oxygen atoms in total. The maximum absolute atomic E-state index is 11.0. The summed E-state index contributed by atoms with van der Waals surface area (Å²) in [6.07, 6.45) is 1.74. The standard InChI is InChI=1S/C12H14O3/c1-3-12(2,11(14)15)8-9-5-4-6-10(13)7-9/h3-7,13H,1,8H2,2H3,(H,14,15). The van der Waals surface area contributed by atoms with Crippen molar-refractivity contribution in [3.63, 3.8) is 0 Å². The van der Waals surface area contributed by atoms with Crippen molar-refractivity contribution < 1.29 is 15.0 Å². The molecule has 0 spiro atoms. The normalized spacial score (nSPS) is 14.2. The molecule has 0 aliphatic rings. The van der Waals surface area contributed by atoms with Gasteiger partial charge in [0.1, 0.15) is 5.75 Å². The number of carboxylic acids is 1. The first-order valence-electron chi connectivity index (χ1n) is 4.63. The Kier molecular flexibility index (Phi) is 3.14. The zero-order valence-corrected chi connectivity index (χ0v) is 8.60. The summed E-state index contributed by atoms with van der Waals surface area (Å²) in [6, 6.07) is 6.58. The number of hydrogen-bond donors (Lipinski definition) is 2. The van der Waals surface area contributed by atoms with Gasteiger partial charge in [0, 0.05) is 0 Å². The molecule has 0 bridgehead atoms. The molecule has 0 amide bonds. The van der Waals surface area contributed by atoms with Gasteiger partial charge in [-0.25, -0.2) is 0 Å². The smallest absolute Gasteiger partial charge is 0.313 e. The topological polar surface area (TPSA) is 57.5 Å². The van der Waals surface area contributed by atoms with Crippen LogP contribution in [0.15, 0.2) is 36.9 Å². The Morgan fingerprint density at radius 3 is 2.73 bits per heavy atom. The lowest BCUT2D eigenvalue weighted by atomic mass is 9.84. The Morgan fingerprint density at radius 1 is 1.60 bits per heavy atom. The van der Waals surface area contributed by atoms with Gasteiger partial charge in [-0.1, -0.05) is 18.2 Å². The van der Waals surface area contributed by atoms with Crippen molar-refractivity contribution in [2.24, 2.45) is 5.41 Å². The molecule has 1 rings (SSSR count). The minimum absolute atomic E-state index is 0.143. The number of carbonyl (C=O) groups is 1. The van der Waals surface area contributed by atoms with E-state index in [1.807, 2.05) is 0 Å². The fourth-order valence-electron chi connectivity index (χ4n) is 1.33. The lowest BCUT2D eigenvalue weighted by molar-refractivity contribution is -0.145. The van der Waals surface area contributed by atoms with Gasteiger partial charge >= 0.3 is 5.97 Å². The van der Waals surface area contributed by atoms with Crippen molar-refractivity contribution in [2.45, 2.75) is 13.3 Å². The van der Waals surface area contributed by atoms with Gasteiger partial charge in [-0.15, -0.1) is 6.58 Å². The van der Waals surface area contributed by atoms with Crippen LogP contribution in [0.3, 0.4) is 0 Å². The monoisotopic (exact) mass is 206 g/mol. The van der Waals surface area contributed by atoms with Gasteiger partial charge in [0.05, 0.1) is 5.41 Å². The highest BCUT2D eigenvalue weighted by atomic mass is 16.4. The molecule has 0 aliphatic carbocycles. The molecule has 80 valence electrons. The molecule has 15 heavy (non-hydrogen) atoms. The van der Waals surface area contributed by atoms with E-state index in [9.17, 15) is 9.90 Å². The fourth-order valence-corrected chi connectivity index (χ4v) is 1.33. The molecule has 0 aromatic heterocycles. The molecular formula is C12H14O3. The number of phenolic OH excluding ortho intramolecular Hbond substituents is 1. The van der Waals surface area contributed by atoms with Crippen molar-refractivity contribution in [1.82, 2.24) is 0 Å². The first-order valence-corrected chi connectivity index (χ1v) is 4.63. The molecule has 0 fully saturated rings. The predicted molar refractivity (Wildman–Crippen MR) is 57.8 cm³/mol. The Bertz CT molecular complexity index is 384. The summed E-state index contributed by atoms with van der Waals surface area (Å²) in [5, 5.41) is 18.3. The lowest BCUT2D eigenvalue weighted by Gasteiger charge is -2.20. The first kappa shape index (κ1) is 11.3. The van der Waals surface area contributed by atoms with Crippen molar-refractivity contribution in [1.29, 1.82) is 0 Å². The van der Waals surface area contributed by atoms with Crippen LogP contribution >= 0.6 is 0 Å². The third-order valence-corrected chi connectivity index (χ3v) is 2.42. The largest absolute Gasteiger partial charge is 0.508 e. The van der Waals surface area contributed by atoms with Gasteiger partial charge in [0.2, 0.25) is 0 Å². The summed E-state index contributed by atoms with van der Waals surface area (Å²) in [6.45, 7) is 5.13. The van der Waals surface area contributed by atoms with E-state index in [0.717, 1.165) is 5.56 Å². The SMILES string of the molecule is C=CC(C)(Cc1cccc(O)c1)C(=O)O. The third kappa shape index (κ3) is 2.59.